The highest BCUT2D eigenvalue weighted by molar-refractivity contribution is 7.21. The standard InChI is InChI=1S/C16H11N3S/c17-13-8-11-4-2-1-3-10(11)7-12(13)16-19-14-9-18-6-5-15(14)20-16/h1-9H,17H2. The highest BCUT2D eigenvalue weighted by atomic mass is 32.1. The zero-order chi connectivity index (χ0) is 13.5. The molecule has 2 N–H and O–H groups in total. The molecule has 4 rings (SSSR count). The lowest BCUT2D eigenvalue weighted by Gasteiger charge is -2.05. The van der Waals surface area contributed by atoms with Gasteiger partial charge in [0.15, 0.2) is 0 Å². The molecule has 2 heterocycles. The maximum absolute atomic E-state index is 6.19. The van der Waals surface area contributed by atoms with Gasteiger partial charge in [-0.05, 0) is 29.0 Å². The summed E-state index contributed by atoms with van der Waals surface area (Å²) in [7, 11) is 0. The predicted octanol–water partition coefficient (Wildman–Crippen LogP) is 4.09. The molecular weight excluding hydrogens is 266 g/mol. The maximum atomic E-state index is 6.19. The van der Waals surface area contributed by atoms with Gasteiger partial charge >= 0.3 is 0 Å². The van der Waals surface area contributed by atoms with Crippen molar-refractivity contribution < 1.29 is 0 Å². The molecule has 0 aliphatic carbocycles. The molecule has 0 bridgehead atoms. The SMILES string of the molecule is Nc1cc2ccccc2cc1-c1nc2cnccc2s1. The van der Waals surface area contributed by atoms with E-state index < -0.39 is 0 Å². The summed E-state index contributed by atoms with van der Waals surface area (Å²) in [5.74, 6) is 0. The van der Waals surface area contributed by atoms with E-state index in [9.17, 15) is 0 Å². The average molecular weight is 277 g/mol. The smallest absolute Gasteiger partial charge is 0.126 e. The highest BCUT2D eigenvalue weighted by Gasteiger charge is 2.10. The minimum atomic E-state index is 0.760. The highest BCUT2D eigenvalue weighted by Crippen LogP contribution is 2.35. The van der Waals surface area contributed by atoms with E-state index in [2.05, 4.69) is 28.2 Å². The molecule has 20 heavy (non-hydrogen) atoms. The molecule has 96 valence electrons. The summed E-state index contributed by atoms with van der Waals surface area (Å²) in [4.78, 5) is 8.73. The largest absolute Gasteiger partial charge is 0.398 e. The Morgan fingerprint density at radius 3 is 2.60 bits per heavy atom. The van der Waals surface area contributed by atoms with Crippen LogP contribution >= 0.6 is 11.3 Å². The van der Waals surface area contributed by atoms with Crippen LogP contribution in [0.25, 0.3) is 31.6 Å². The van der Waals surface area contributed by atoms with Crippen LogP contribution in [0, 0.1) is 0 Å². The summed E-state index contributed by atoms with van der Waals surface area (Å²) in [6.07, 6.45) is 3.57. The number of hydrogen-bond donors (Lipinski definition) is 1. The molecule has 4 aromatic rings. The first kappa shape index (κ1) is 11.4. The molecule has 2 aromatic carbocycles. The number of hydrogen-bond acceptors (Lipinski definition) is 4. The summed E-state index contributed by atoms with van der Waals surface area (Å²) in [5, 5.41) is 3.27. The van der Waals surface area contributed by atoms with Gasteiger partial charge in [-0.2, -0.15) is 0 Å². The Balaban J connectivity index is 1.98. The third-order valence-corrected chi connectivity index (χ3v) is 4.41. The van der Waals surface area contributed by atoms with E-state index in [1.165, 1.54) is 5.39 Å². The predicted molar refractivity (Wildman–Crippen MR) is 84.8 cm³/mol. The molecule has 0 aliphatic rings. The van der Waals surface area contributed by atoms with Gasteiger partial charge in [0.2, 0.25) is 0 Å². The van der Waals surface area contributed by atoms with Gasteiger partial charge in [-0.1, -0.05) is 24.3 Å². The number of nitrogen functional groups attached to an aromatic ring is 1. The summed E-state index contributed by atoms with van der Waals surface area (Å²) in [6.45, 7) is 0. The topological polar surface area (TPSA) is 51.8 Å². The van der Waals surface area contributed by atoms with Crippen LogP contribution in [0.15, 0.2) is 54.9 Å². The Morgan fingerprint density at radius 1 is 1.00 bits per heavy atom. The van der Waals surface area contributed by atoms with Crippen molar-refractivity contribution in [3.63, 3.8) is 0 Å². The Kier molecular flexibility index (Phi) is 2.44. The molecule has 0 saturated carbocycles. The van der Waals surface area contributed by atoms with E-state index in [0.717, 1.165) is 31.9 Å². The third kappa shape index (κ3) is 1.73. The quantitative estimate of drug-likeness (QED) is 0.533. The fourth-order valence-electron chi connectivity index (χ4n) is 2.34. The molecule has 0 atom stereocenters. The zero-order valence-electron chi connectivity index (χ0n) is 10.6. The van der Waals surface area contributed by atoms with Crippen molar-refractivity contribution in [1.82, 2.24) is 9.97 Å². The molecule has 0 spiro atoms. The molecule has 0 amide bonds. The van der Waals surface area contributed by atoms with Crippen molar-refractivity contribution in [3.05, 3.63) is 54.9 Å². The van der Waals surface area contributed by atoms with Crippen molar-refractivity contribution in [2.45, 2.75) is 0 Å². The molecule has 0 aliphatic heterocycles. The number of aromatic nitrogens is 2. The normalized spacial score (nSPS) is 11.2. The number of nitrogens with two attached hydrogens (primary N) is 1. The van der Waals surface area contributed by atoms with E-state index in [4.69, 9.17) is 5.73 Å². The van der Waals surface area contributed by atoms with Crippen molar-refractivity contribution >= 4 is 38.0 Å². The molecule has 4 heteroatoms. The van der Waals surface area contributed by atoms with Crippen molar-refractivity contribution in [1.29, 1.82) is 0 Å². The second kappa shape index (κ2) is 4.28. The summed E-state index contributed by atoms with van der Waals surface area (Å²) < 4.78 is 1.13. The Hall–Kier alpha value is -2.46. The Bertz CT molecular complexity index is 894. The van der Waals surface area contributed by atoms with Crippen molar-refractivity contribution in [2.75, 3.05) is 5.73 Å². The number of benzene rings is 2. The van der Waals surface area contributed by atoms with Crippen LogP contribution in [0.2, 0.25) is 0 Å². The molecular formula is C16H11N3S. The molecule has 0 unspecified atom stereocenters. The van der Waals surface area contributed by atoms with Gasteiger partial charge in [-0.15, -0.1) is 11.3 Å². The number of fused-ring (bicyclic) bond motifs is 2. The summed E-state index contributed by atoms with van der Waals surface area (Å²) in [6, 6.07) is 14.3. The monoisotopic (exact) mass is 277 g/mol. The first-order chi connectivity index (χ1) is 9.81. The van der Waals surface area contributed by atoms with Crippen LogP contribution in [0.1, 0.15) is 0 Å². The Labute approximate surface area is 119 Å². The van der Waals surface area contributed by atoms with E-state index in [0.29, 0.717) is 0 Å². The van der Waals surface area contributed by atoms with Crippen LogP contribution in [-0.2, 0) is 0 Å². The second-order valence-electron chi connectivity index (χ2n) is 4.65. The molecule has 0 radical (unpaired) electrons. The van der Waals surface area contributed by atoms with Gasteiger partial charge < -0.3 is 5.73 Å². The number of rotatable bonds is 1. The van der Waals surface area contributed by atoms with Gasteiger partial charge in [-0.3, -0.25) is 4.98 Å². The van der Waals surface area contributed by atoms with Gasteiger partial charge in [0.1, 0.15) is 10.5 Å². The lowest BCUT2D eigenvalue weighted by atomic mass is 10.1. The minimum absolute atomic E-state index is 0.760. The first-order valence-corrected chi connectivity index (χ1v) is 7.12. The van der Waals surface area contributed by atoms with E-state index in [-0.39, 0.29) is 0 Å². The first-order valence-electron chi connectivity index (χ1n) is 6.30. The second-order valence-corrected chi connectivity index (χ2v) is 5.68. The van der Waals surface area contributed by atoms with Gasteiger partial charge in [0, 0.05) is 17.4 Å². The van der Waals surface area contributed by atoms with Crippen molar-refractivity contribution in [3.8, 4) is 10.6 Å². The average Bonchev–Trinajstić information content (AvgIpc) is 2.90. The maximum Gasteiger partial charge on any atom is 0.126 e. The third-order valence-electron chi connectivity index (χ3n) is 3.34. The minimum Gasteiger partial charge on any atom is -0.398 e. The zero-order valence-corrected chi connectivity index (χ0v) is 11.4. The molecule has 3 nitrogen and oxygen atoms in total. The van der Waals surface area contributed by atoms with E-state index >= 15 is 0 Å². The van der Waals surface area contributed by atoms with Crippen LogP contribution in [0.4, 0.5) is 5.69 Å². The van der Waals surface area contributed by atoms with Gasteiger partial charge in [-0.25, -0.2) is 4.98 Å². The van der Waals surface area contributed by atoms with Crippen LogP contribution in [-0.4, -0.2) is 9.97 Å². The fourth-order valence-corrected chi connectivity index (χ4v) is 3.31. The van der Waals surface area contributed by atoms with Crippen LogP contribution in [0.5, 0.6) is 0 Å². The lowest BCUT2D eigenvalue weighted by Crippen LogP contribution is -1.90. The van der Waals surface area contributed by atoms with Crippen molar-refractivity contribution in [2.24, 2.45) is 0 Å². The fraction of sp³-hybridized carbons (Fsp3) is 0. The van der Waals surface area contributed by atoms with E-state index in [1.54, 1.807) is 23.7 Å². The number of thiazole rings is 1. The van der Waals surface area contributed by atoms with Gasteiger partial charge in [0.05, 0.1) is 10.9 Å². The van der Waals surface area contributed by atoms with Crippen LogP contribution < -0.4 is 5.73 Å². The van der Waals surface area contributed by atoms with E-state index in [1.807, 2.05) is 24.3 Å². The van der Waals surface area contributed by atoms with Gasteiger partial charge in [0.25, 0.3) is 0 Å². The summed E-state index contributed by atoms with van der Waals surface area (Å²) in [5.41, 5.74) is 8.86. The number of nitrogens with zero attached hydrogens (tertiary/aromatic N) is 2. The van der Waals surface area contributed by atoms with Crippen LogP contribution in [0.3, 0.4) is 0 Å². The molecule has 0 saturated heterocycles. The molecule has 2 aromatic heterocycles. The molecule has 0 fully saturated rings. The number of pyridine rings is 1. The lowest BCUT2D eigenvalue weighted by molar-refractivity contribution is 1.34. The Morgan fingerprint density at radius 2 is 1.80 bits per heavy atom. The summed E-state index contributed by atoms with van der Waals surface area (Å²) >= 11 is 1.64. The number of anilines is 1.